The number of carbonyl (C=O) groups excluding carboxylic acids is 1. The summed E-state index contributed by atoms with van der Waals surface area (Å²) in [5.74, 6) is 0.278. The van der Waals surface area contributed by atoms with Crippen LogP contribution in [0.2, 0.25) is 0 Å². The molecule has 1 amide bonds. The highest BCUT2D eigenvalue weighted by atomic mass is 32.2. The quantitative estimate of drug-likeness (QED) is 0.823. The summed E-state index contributed by atoms with van der Waals surface area (Å²) in [7, 11) is -1.09. The van der Waals surface area contributed by atoms with Crippen molar-refractivity contribution in [3.8, 4) is 0 Å². The third-order valence-corrected chi connectivity index (χ3v) is 5.24. The van der Waals surface area contributed by atoms with E-state index in [1.165, 1.54) is 0 Å². The summed E-state index contributed by atoms with van der Waals surface area (Å²) in [6.45, 7) is 2.14. The molecular formula is C19H20N2O2S. The van der Waals surface area contributed by atoms with Crippen molar-refractivity contribution in [1.82, 2.24) is 5.32 Å². The normalized spacial score (nSPS) is 14.6. The van der Waals surface area contributed by atoms with Crippen molar-refractivity contribution in [3.63, 3.8) is 0 Å². The van der Waals surface area contributed by atoms with E-state index in [2.05, 4.69) is 22.4 Å². The maximum Gasteiger partial charge on any atom is 0.251 e. The molecule has 1 atom stereocenters. The Balaban J connectivity index is 1.53. The van der Waals surface area contributed by atoms with Crippen LogP contribution in [0.25, 0.3) is 0 Å². The van der Waals surface area contributed by atoms with Crippen LogP contribution in [0.5, 0.6) is 0 Å². The van der Waals surface area contributed by atoms with Crippen LogP contribution in [0.3, 0.4) is 0 Å². The molecule has 0 aliphatic carbocycles. The minimum atomic E-state index is -1.09. The van der Waals surface area contributed by atoms with Crippen molar-refractivity contribution in [3.05, 3.63) is 72.3 Å². The number of hydrogen-bond acceptors (Lipinski definition) is 3. The Bertz CT molecular complexity index is 751. The Kier molecular flexibility index (Phi) is 5.43. The maximum atomic E-state index is 12.3. The summed E-state index contributed by atoms with van der Waals surface area (Å²) in [4.78, 5) is 15.3. The van der Waals surface area contributed by atoms with Gasteiger partial charge in [0.25, 0.3) is 5.91 Å². The Morgan fingerprint density at radius 3 is 2.54 bits per heavy atom. The third-order valence-electron chi connectivity index (χ3n) is 3.87. The van der Waals surface area contributed by atoms with Crippen molar-refractivity contribution in [1.29, 1.82) is 0 Å². The number of benzene rings is 2. The minimum absolute atomic E-state index is 0.130. The molecule has 5 heteroatoms. The van der Waals surface area contributed by atoms with E-state index in [1.54, 1.807) is 6.07 Å². The lowest BCUT2D eigenvalue weighted by Crippen LogP contribution is -2.28. The van der Waals surface area contributed by atoms with Gasteiger partial charge in [-0.2, -0.15) is 0 Å². The number of hydrogen-bond donors (Lipinski definition) is 1. The number of amides is 1. The van der Waals surface area contributed by atoms with Gasteiger partial charge in [-0.25, -0.2) is 0 Å². The topological polar surface area (TPSA) is 49.4 Å². The lowest BCUT2D eigenvalue weighted by atomic mass is 10.1. The SMILES string of the molecule is O=C(NCCS(=O)c1ccccc1)c1cccc(N2CC=CC2)c1. The Morgan fingerprint density at radius 2 is 1.79 bits per heavy atom. The van der Waals surface area contributed by atoms with Gasteiger partial charge in [0, 0.05) is 41.5 Å². The van der Waals surface area contributed by atoms with Gasteiger partial charge in [-0.3, -0.25) is 9.00 Å². The molecule has 1 N–H and O–H groups in total. The monoisotopic (exact) mass is 340 g/mol. The fraction of sp³-hybridized carbons (Fsp3) is 0.211. The van der Waals surface area contributed by atoms with Gasteiger partial charge in [-0.05, 0) is 30.3 Å². The number of carbonyl (C=O) groups is 1. The first kappa shape index (κ1) is 16.5. The second-order valence-electron chi connectivity index (χ2n) is 5.55. The van der Waals surface area contributed by atoms with Crippen LogP contribution in [-0.4, -0.2) is 35.5 Å². The summed E-state index contributed by atoms with van der Waals surface area (Å²) in [5, 5.41) is 2.85. The third kappa shape index (κ3) is 4.11. The van der Waals surface area contributed by atoms with Gasteiger partial charge in [0.05, 0.1) is 10.8 Å². The molecule has 1 aliphatic rings. The average Bonchev–Trinajstić information content (AvgIpc) is 3.17. The standard InChI is InChI=1S/C19H20N2O2S/c22-19(20-11-14-24(23)18-9-2-1-3-10-18)16-7-6-8-17(15-16)21-12-4-5-13-21/h1-10,15H,11-14H2,(H,20,22). The first-order valence-electron chi connectivity index (χ1n) is 7.96. The molecule has 1 unspecified atom stereocenters. The van der Waals surface area contributed by atoms with Gasteiger partial charge in [-0.1, -0.05) is 36.4 Å². The molecule has 0 aromatic heterocycles. The molecular weight excluding hydrogens is 320 g/mol. The van der Waals surface area contributed by atoms with E-state index in [0.29, 0.717) is 17.9 Å². The summed E-state index contributed by atoms with van der Waals surface area (Å²) in [5.41, 5.74) is 1.67. The molecule has 4 nitrogen and oxygen atoms in total. The second kappa shape index (κ2) is 7.93. The summed E-state index contributed by atoms with van der Waals surface area (Å²) in [6, 6.07) is 16.9. The second-order valence-corrected chi connectivity index (χ2v) is 7.12. The first-order valence-corrected chi connectivity index (χ1v) is 9.27. The van der Waals surface area contributed by atoms with Crippen molar-refractivity contribution in [2.75, 3.05) is 30.3 Å². The predicted molar refractivity (Wildman–Crippen MR) is 97.8 cm³/mol. The molecule has 0 saturated heterocycles. The fourth-order valence-electron chi connectivity index (χ4n) is 2.58. The highest BCUT2D eigenvalue weighted by Crippen LogP contribution is 2.18. The van der Waals surface area contributed by atoms with Crippen LogP contribution in [0.4, 0.5) is 5.69 Å². The van der Waals surface area contributed by atoms with Crippen LogP contribution in [0.1, 0.15) is 10.4 Å². The zero-order valence-corrected chi connectivity index (χ0v) is 14.2. The van der Waals surface area contributed by atoms with Crippen LogP contribution in [0, 0.1) is 0 Å². The van der Waals surface area contributed by atoms with Gasteiger partial charge >= 0.3 is 0 Å². The smallest absolute Gasteiger partial charge is 0.251 e. The Hall–Kier alpha value is -2.40. The molecule has 0 fully saturated rings. The molecule has 1 heterocycles. The van der Waals surface area contributed by atoms with E-state index < -0.39 is 10.8 Å². The van der Waals surface area contributed by atoms with Gasteiger partial charge in [-0.15, -0.1) is 0 Å². The molecule has 0 bridgehead atoms. The van der Waals surface area contributed by atoms with E-state index in [9.17, 15) is 9.00 Å². The average molecular weight is 340 g/mol. The Labute approximate surface area is 144 Å². The summed E-state index contributed by atoms with van der Waals surface area (Å²) in [6.07, 6.45) is 4.23. The van der Waals surface area contributed by atoms with Gasteiger partial charge < -0.3 is 10.2 Å². The summed E-state index contributed by atoms with van der Waals surface area (Å²) >= 11 is 0. The van der Waals surface area contributed by atoms with E-state index >= 15 is 0 Å². The van der Waals surface area contributed by atoms with Crippen LogP contribution in [0.15, 0.2) is 71.6 Å². The van der Waals surface area contributed by atoms with Crippen molar-refractivity contribution < 1.29 is 9.00 Å². The summed E-state index contributed by atoms with van der Waals surface area (Å²) < 4.78 is 12.1. The number of nitrogens with zero attached hydrogens (tertiary/aromatic N) is 1. The molecule has 2 aromatic carbocycles. The fourth-order valence-corrected chi connectivity index (χ4v) is 3.57. The molecule has 3 rings (SSSR count). The Morgan fingerprint density at radius 1 is 1.04 bits per heavy atom. The van der Waals surface area contributed by atoms with Crippen LogP contribution < -0.4 is 10.2 Å². The zero-order valence-electron chi connectivity index (χ0n) is 13.4. The molecule has 0 spiro atoms. The predicted octanol–water partition coefficient (Wildman–Crippen LogP) is 2.60. The minimum Gasteiger partial charge on any atom is -0.364 e. The van der Waals surface area contributed by atoms with Gasteiger partial charge in [0.2, 0.25) is 0 Å². The molecule has 0 saturated carbocycles. The van der Waals surface area contributed by atoms with Gasteiger partial charge in [0.1, 0.15) is 0 Å². The van der Waals surface area contributed by atoms with Crippen molar-refractivity contribution in [2.45, 2.75) is 4.90 Å². The van der Waals surface area contributed by atoms with Crippen molar-refractivity contribution in [2.24, 2.45) is 0 Å². The number of nitrogens with one attached hydrogen (secondary N) is 1. The van der Waals surface area contributed by atoms with Crippen molar-refractivity contribution >= 4 is 22.4 Å². The largest absolute Gasteiger partial charge is 0.364 e. The molecule has 124 valence electrons. The van der Waals surface area contributed by atoms with E-state index in [1.807, 2.05) is 48.5 Å². The first-order chi connectivity index (χ1) is 11.7. The number of anilines is 1. The number of rotatable bonds is 6. The van der Waals surface area contributed by atoms with E-state index in [-0.39, 0.29) is 5.91 Å². The molecule has 24 heavy (non-hydrogen) atoms. The molecule has 2 aromatic rings. The van der Waals surface area contributed by atoms with E-state index in [0.717, 1.165) is 23.7 Å². The lowest BCUT2D eigenvalue weighted by molar-refractivity contribution is 0.0956. The lowest BCUT2D eigenvalue weighted by Gasteiger charge is -2.18. The zero-order chi connectivity index (χ0) is 16.8. The molecule has 1 aliphatic heterocycles. The van der Waals surface area contributed by atoms with Gasteiger partial charge in [0.15, 0.2) is 0 Å². The van der Waals surface area contributed by atoms with Crippen LogP contribution in [-0.2, 0) is 10.8 Å². The van der Waals surface area contributed by atoms with E-state index in [4.69, 9.17) is 0 Å². The highest BCUT2D eigenvalue weighted by molar-refractivity contribution is 7.85. The maximum absolute atomic E-state index is 12.3. The molecule has 0 radical (unpaired) electrons. The van der Waals surface area contributed by atoms with Crippen LogP contribution >= 0.6 is 0 Å². The highest BCUT2D eigenvalue weighted by Gasteiger charge is 2.11.